The number of nitrogens with one attached hydrogen (secondary N) is 1. The molecule has 158 valence electrons. The average molecular weight is 412 g/mol. The zero-order chi connectivity index (χ0) is 21.5. The zero-order valence-electron chi connectivity index (χ0n) is 17.1. The van der Waals surface area contributed by atoms with Crippen molar-refractivity contribution in [2.24, 2.45) is 0 Å². The quantitative estimate of drug-likeness (QED) is 0.601. The monoisotopic (exact) mass is 412 g/mol. The van der Waals surface area contributed by atoms with Gasteiger partial charge in [-0.1, -0.05) is 0 Å². The first-order valence-corrected chi connectivity index (χ1v) is 9.80. The summed E-state index contributed by atoms with van der Waals surface area (Å²) in [7, 11) is 0. The number of carbonyl (C=O) groups is 1. The maximum Gasteiger partial charge on any atom is 0.410 e. The summed E-state index contributed by atoms with van der Waals surface area (Å²) in [5.41, 5.74) is 0.0251. The molecule has 2 aromatic heterocycles. The van der Waals surface area contributed by atoms with Crippen LogP contribution in [0.4, 0.5) is 27.8 Å². The highest BCUT2D eigenvalue weighted by molar-refractivity contribution is 5.72. The van der Waals surface area contributed by atoms with Gasteiger partial charge in [0, 0.05) is 37.2 Å². The van der Waals surface area contributed by atoms with Crippen LogP contribution in [0.3, 0.4) is 0 Å². The Bertz CT molecular complexity index is 950. The molecule has 2 atom stereocenters. The van der Waals surface area contributed by atoms with Gasteiger partial charge in [0.25, 0.3) is 0 Å². The van der Waals surface area contributed by atoms with Crippen LogP contribution in [0.1, 0.15) is 27.2 Å². The Morgan fingerprint density at radius 2 is 1.87 bits per heavy atom. The number of hydrogen-bond donors (Lipinski definition) is 1. The SMILES string of the molecule is CC(C)(C)OC(=O)N1C2CC1CN(c1ccc([N+](=O)[O-])c(Nc3ccncc3)n1)C2. The van der Waals surface area contributed by atoms with E-state index in [1.165, 1.54) is 6.07 Å². The summed E-state index contributed by atoms with van der Waals surface area (Å²) in [6.07, 6.45) is 3.83. The molecule has 2 aromatic rings. The molecule has 10 nitrogen and oxygen atoms in total. The van der Waals surface area contributed by atoms with E-state index in [4.69, 9.17) is 4.74 Å². The van der Waals surface area contributed by atoms with Crippen molar-refractivity contribution in [3.63, 3.8) is 0 Å². The molecule has 0 saturated carbocycles. The number of carbonyl (C=O) groups excluding carboxylic acids is 1. The van der Waals surface area contributed by atoms with Crippen molar-refractivity contribution < 1.29 is 14.5 Å². The van der Waals surface area contributed by atoms with E-state index < -0.39 is 10.5 Å². The Hall–Kier alpha value is -3.43. The minimum Gasteiger partial charge on any atom is -0.444 e. The van der Waals surface area contributed by atoms with Gasteiger partial charge in [-0.15, -0.1) is 0 Å². The number of piperidine rings is 1. The molecule has 3 aliphatic heterocycles. The number of nitro groups is 1. The fourth-order valence-electron chi connectivity index (χ4n) is 3.84. The fourth-order valence-corrected chi connectivity index (χ4v) is 3.84. The van der Waals surface area contributed by atoms with Crippen LogP contribution in [-0.2, 0) is 4.74 Å². The van der Waals surface area contributed by atoms with Gasteiger partial charge >= 0.3 is 11.8 Å². The molecule has 0 aliphatic carbocycles. The molecule has 0 radical (unpaired) electrons. The second kappa shape index (κ2) is 7.43. The molecule has 1 N–H and O–H groups in total. The average Bonchev–Trinajstić information content (AvgIpc) is 2.67. The van der Waals surface area contributed by atoms with Gasteiger partial charge in [-0.25, -0.2) is 9.78 Å². The normalized spacial score (nSPS) is 20.4. The smallest absolute Gasteiger partial charge is 0.410 e. The maximum absolute atomic E-state index is 12.5. The van der Waals surface area contributed by atoms with Gasteiger partial charge in [0.1, 0.15) is 11.4 Å². The molecule has 2 bridgehead atoms. The third kappa shape index (κ3) is 3.98. The van der Waals surface area contributed by atoms with Crippen molar-refractivity contribution in [1.82, 2.24) is 14.9 Å². The minimum atomic E-state index is -0.534. The van der Waals surface area contributed by atoms with E-state index in [1.54, 1.807) is 35.5 Å². The molecule has 30 heavy (non-hydrogen) atoms. The summed E-state index contributed by atoms with van der Waals surface area (Å²) < 4.78 is 5.51. The minimum absolute atomic E-state index is 0.0483. The van der Waals surface area contributed by atoms with E-state index in [2.05, 4.69) is 20.2 Å². The number of pyridine rings is 2. The molecule has 2 unspecified atom stereocenters. The highest BCUT2D eigenvalue weighted by atomic mass is 16.6. The van der Waals surface area contributed by atoms with Gasteiger partial charge in [-0.2, -0.15) is 0 Å². The Morgan fingerprint density at radius 3 is 2.47 bits per heavy atom. The summed E-state index contributed by atoms with van der Waals surface area (Å²) in [5, 5.41) is 14.4. The van der Waals surface area contributed by atoms with Crippen LogP contribution in [-0.4, -0.2) is 56.7 Å². The molecule has 5 heterocycles. The van der Waals surface area contributed by atoms with Gasteiger partial charge in [0.05, 0.1) is 17.0 Å². The van der Waals surface area contributed by atoms with E-state index in [1.807, 2.05) is 20.8 Å². The second-order valence-electron chi connectivity index (χ2n) is 8.49. The lowest BCUT2D eigenvalue weighted by Crippen LogP contribution is -2.70. The lowest BCUT2D eigenvalue weighted by Gasteiger charge is -2.56. The first kappa shape index (κ1) is 19.9. The van der Waals surface area contributed by atoms with Gasteiger partial charge in [0.15, 0.2) is 0 Å². The molecular weight excluding hydrogens is 388 g/mol. The van der Waals surface area contributed by atoms with Crippen LogP contribution in [0, 0.1) is 10.1 Å². The molecule has 0 aromatic carbocycles. The van der Waals surface area contributed by atoms with Crippen LogP contribution in [0.2, 0.25) is 0 Å². The number of aromatic nitrogens is 2. The van der Waals surface area contributed by atoms with E-state index in [-0.39, 0.29) is 29.7 Å². The molecule has 10 heteroatoms. The summed E-state index contributed by atoms with van der Waals surface area (Å²) in [5.74, 6) is 0.808. The second-order valence-corrected chi connectivity index (χ2v) is 8.49. The zero-order valence-corrected chi connectivity index (χ0v) is 17.1. The summed E-state index contributed by atoms with van der Waals surface area (Å²) >= 11 is 0. The van der Waals surface area contributed by atoms with Crippen molar-refractivity contribution in [2.45, 2.75) is 44.9 Å². The number of piperazine rings is 1. The van der Waals surface area contributed by atoms with E-state index in [9.17, 15) is 14.9 Å². The first-order valence-electron chi connectivity index (χ1n) is 9.80. The topological polar surface area (TPSA) is 114 Å². The largest absolute Gasteiger partial charge is 0.444 e. The highest BCUT2D eigenvalue weighted by Crippen LogP contribution is 2.37. The predicted molar refractivity (Wildman–Crippen MR) is 111 cm³/mol. The summed E-state index contributed by atoms with van der Waals surface area (Å²) in [6.45, 7) is 6.77. The highest BCUT2D eigenvalue weighted by Gasteiger charge is 2.49. The van der Waals surface area contributed by atoms with Gasteiger partial charge < -0.3 is 15.0 Å². The van der Waals surface area contributed by atoms with Crippen LogP contribution >= 0.6 is 0 Å². The standard InChI is InChI=1S/C20H24N6O4/c1-20(2,3)30-19(27)25-14-10-15(25)12-24(11-14)17-5-4-16(26(28)29)18(23-17)22-13-6-8-21-9-7-13/h4-9,14-15H,10-12H2,1-3H3,(H,21,22,23). The van der Waals surface area contributed by atoms with E-state index in [0.29, 0.717) is 24.6 Å². The number of ether oxygens (including phenoxy) is 1. The summed E-state index contributed by atoms with van der Waals surface area (Å²) in [4.78, 5) is 35.7. The first-order chi connectivity index (χ1) is 14.2. The molecule has 5 rings (SSSR count). The molecule has 1 amide bonds. The van der Waals surface area contributed by atoms with Gasteiger partial charge in [-0.05, 0) is 45.4 Å². The molecule has 0 spiro atoms. The Labute approximate surface area is 174 Å². The van der Waals surface area contributed by atoms with Crippen molar-refractivity contribution in [2.75, 3.05) is 23.3 Å². The van der Waals surface area contributed by atoms with Gasteiger partial charge in [-0.3, -0.25) is 20.0 Å². The van der Waals surface area contributed by atoms with Crippen LogP contribution in [0.5, 0.6) is 0 Å². The van der Waals surface area contributed by atoms with Crippen LogP contribution < -0.4 is 10.2 Å². The van der Waals surface area contributed by atoms with Gasteiger partial charge in [0.2, 0.25) is 5.82 Å². The molecule has 3 fully saturated rings. The van der Waals surface area contributed by atoms with E-state index in [0.717, 1.165) is 6.42 Å². The fraction of sp³-hybridized carbons (Fsp3) is 0.450. The number of hydrogen-bond acceptors (Lipinski definition) is 8. The lowest BCUT2D eigenvalue weighted by molar-refractivity contribution is -0.384. The van der Waals surface area contributed by atoms with Crippen LogP contribution in [0.25, 0.3) is 0 Å². The van der Waals surface area contributed by atoms with Crippen molar-refractivity contribution in [3.8, 4) is 0 Å². The van der Waals surface area contributed by atoms with E-state index >= 15 is 0 Å². The molecule has 3 saturated heterocycles. The third-order valence-corrected chi connectivity index (χ3v) is 5.12. The number of fused-ring (bicyclic) bond motifs is 2. The Kier molecular flexibility index (Phi) is 4.92. The third-order valence-electron chi connectivity index (χ3n) is 5.12. The lowest BCUT2D eigenvalue weighted by atomic mass is 9.88. The number of anilines is 3. The molecule has 3 aliphatic rings. The maximum atomic E-state index is 12.5. The molecular formula is C20H24N6O4. The van der Waals surface area contributed by atoms with Crippen molar-refractivity contribution in [3.05, 3.63) is 46.8 Å². The number of nitrogens with zero attached hydrogens (tertiary/aromatic N) is 5. The van der Waals surface area contributed by atoms with Crippen LogP contribution in [0.15, 0.2) is 36.7 Å². The number of rotatable bonds is 4. The number of amides is 1. The Morgan fingerprint density at radius 1 is 1.20 bits per heavy atom. The van der Waals surface area contributed by atoms with Crippen molar-refractivity contribution >= 4 is 29.1 Å². The van der Waals surface area contributed by atoms with Crippen molar-refractivity contribution in [1.29, 1.82) is 0 Å². The predicted octanol–water partition coefficient (Wildman–Crippen LogP) is 3.33. The Balaban J connectivity index is 1.51. The summed E-state index contributed by atoms with van der Waals surface area (Å²) in [6, 6.07) is 6.63.